The van der Waals surface area contributed by atoms with Gasteiger partial charge in [-0.15, -0.1) is 0 Å². The number of hydrogen-bond acceptors (Lipinski definition) is 6. The molecule has 0 unspecified atom stereocenters. The molecule has 0 saturated carbocycles. The Morgan fingerprint density at radius 1 is 0.850 bits per heavy atom. The summed E-state index contributed by atoms with van der Waals surface area (Å²) in [5.74, 6) is 0. The van der Waals surface area contributed by atoms with E-state index in [1.165, 1.54) is 14.1 Å². The van der Waals surface area contributed by atoms with Crippen LogP contribution < -0.4 is 17.1 Å². The number of aliphatic hydroxyl groups is 2. The summed E-state index contributed by atoms with van der Waals surface area (Å²) in [5, 5.41) is 17.8. The number of rotatable bonds is 7. The van der Waals surface area contributed by atoms with Gasteiger partial charge in [0.15, 0.2) is 0 Å². The first kappa shape index (κ1) is 16.3. The fraction of sp³-hybridized carbons (Fsp3) is 0.727. The van der Waals surface area contributed by atoms with Crippen molar-refractivity contribution < 1.29 is 10.2 Å². The van der Waals surface area contributed by atoms with Crippen molar-refractivity contribution in [2.75, 3.05) is 32.8 Å². The molecule has 2 N–H and O–H groups in total. The third kappa shape index (κ3) is 3.44. The lowest BCUT2D eigenvalue weighted by molar-refractivity contribution is 0.156. The van der Waals surface area contributed by atoms with Crippen LogP contribution in [-0.2, 0) is 20.6 Å². The van der Waals surface area contributed by atoms with Gasteiger partial charge in [-0.05, 0) is 0 Å². The minimum atomic E-state index is -0.675. The molecule has 0 atom stereocenters. The molecule has 0 amide bonds. The van der Waals surface area contributed by atoms with Gasteiger partial charge in [0.25, 0.3) is 0 Å². The SMILES string of the molecule is Cn1c(=O)n(C)c(=O)n(CCN(CCO)CCO)c1=O. The lowest BCUT2D eigenvalue weighted by atomic mass is 10.4. The first-order valence-corrected chi connectivity index (χ1v) is 6.25. The molecule has 9 nitrogen and oxygen atoms in total. The summed E-state index contributed by atoms with van der Waals surface area (Å²) in [6.07, 6.45) is 0. The van der Waals surface area contributed by atoms with Gasteiger partial charge in [-0.25, -0.2) is 28.1 Å². The van der Waals surface area contributed by atoms with E-state index in [9.17, 15) is 14.4 Å². The summed E-state index contributed by atoms with van der Waals surface area (Å²) in [4.78, 5) is 37.0. The second-order valence-corrected chi connectivity index (χ2v) is 4.41. The minimum Gasteiger partial charge on any atom is -0.395 e. The number of aromatic nitrogens is 3. The Morgan fingerprint density at radius 3 is 1.70 bits per heavy atom. The first-order valence-electron chi connectivity index (χ1n) is 6.25. The molecule has 114 valence electrons. The van der Waals surface area contributed by atoms with Crippen molar-refractivity contribution in [2.45, 2.75) is 6.54 Å². The van der Waals surface area contributed by atoms with Gasteiger partial charge in [0, 0.05) is 40.3 Å². The highest BCUT2D eigenvalue weighted by Gasteiger charge is 2.11. The average molecular weight is 288 g/mol. The van der Waals surface area contributed by atoms with E-state index in [0.717, 1.165) is 13.7 Å². The van der Waals surface area contributed by atoms with Gasteiger partial charge in [-0.3, -0.25) is 4.90 Å². The second-order valence-electron chi connectivity index (χ2n) is 4.41. The van der Waals surface area contributed by atoms with Crippen molar-refractivity contribution in [3.8, 4) is 0 Å². The molecule has 1 aromatic rings. The molecule has 0 aliphatic heterocycles. The normalized spacial score (nSPS) is 11.2. The monoisotopic (exact) mass is 288 g/mol. The molecular weight excluding hydrogens is 268 g/mol. The molecule has 0 aromatic carbocycles. The third-order valence-corrected chi connectivity index (χ3v) is 3.08. The van der Waals surface area contributed by atoms with E-state index in [1.807, 2.05) is 0 Å². The smallest absolute Gasteiger partial charge is 0.336 e. The average Bonchev–Trinajstić information content (AvgIpc) is 2.43. The summed E-state index contributed by atoms with van der Waals surface area (Å²) >= 11 is 0. The topological polar surface area (TPSA) is 110 Å². The van der Waals surface area contributed by atoms with Crippen LogP contribution in [0.3, 0.4) is 0 Å². The summed E-state index contributed by atoms with van der Waals surface area (Å²) in [7, 11) is 2.61. The van der Waals surface area contributed by atoms with Gasteiger partial charge in [-0.2, -0.15) is 0 Å². The Balaban J connectivity index is 3.02. The quantitative estimate of drug-likeness (QED) is 0.539. The lowest BCUT2D eigenvalue weighted by Crippen LogP contribution is -2.53. The van der Waals surface area contributed by atoms with Crippen molar-refractivity contribution >= 4 is 0 Å². The van der Waals surface area contributed by atoms with Crippen LogP contribution in [0.25, 0.3) is 0 Å². The molecule has 9 heteroatoms. The number of nitrogens with zero attached hydrogens (tertiary/aromatic N) is 4. The Labute approximate surface area is 114 Å². The maximum absolute atomic E-state index is 11.9. The van der Waals surface area contributed by atoms with Crippen LogP contribution in [0.5, 0.6) is 0 Å². The van der Waals surface area contributed by atoms with Gasteiger partial charge >= 0.3 is 17.1 Å². The van der Waals surface area contributed by atoms with Crippen molar-refractivity contribution in [2.24, 2.45) is 14.1 Å². The van der Waals surface area contributed by atoms with Crippen molar-refractivity contribution in [3.05, 3.63) is 31.5 Å². The number of aliphatic hydroxyl groups excluding tert-OH is 2. The van der Waals surface area contributed by atoms with Gasteiger partial charge in [0.2, 0.25) is 0 Å². The molecule has 0 aliphatic rings. The maximum atomic E-state index is 11.9. The molecule has 0 saturated heterocycles. The van der Waals surface area contributed by atoms with Crippen LogP contribution in [0, 0.1) is 0 Å². The van der Waals surface area contributed by atoms with E-state index < -0.39 is 17.1 Å². The Morgan fingerprint density at radius 2 is 1.30 bits per heavy atom. The standard InChI is InChI=1S/C11H20N4O5/c1-12-9(18)13(2)11(20)15(10(12)19)4-3-14(5-7-16)6-8-17/h16-17H,3-8H2,1-2H3. The summed E-state index contributed by atoms with van der Waals surface area (Å²) in [6.45, 7) is 0.900. The van der Waals surface area contributed by atoms with E-state index in [2.05, 4.69) is 0 Å². The predicted molar refractivity (Wildman–Crippen MR) is 71.8 cm³/mol. The highest BCUT2D eigenvalue weighted by molar-refractivity contribution is 4.76. The van der Waals surface area contributed by atoms with Gasteiger partial charge < -0.3 is 10.2 Å². The largest absolute Gasteiger partial charge is 0.395 e. The maximum Gasteiger partial charge on any atom is 0.336 e. The summed E-state index contributed by atoms with van der Waals surface area (Å²) in [6, 6.07) is 0. The van der Waals surface area contributed by atoms with E-state index in [1.54, 1.807) is 4.90 Å². The van der Waals surface area contributed by atoms with Crippen LogP contribution >= 0.6 is 0 Å². The summed E-state index contributed by atoms with van der Waals surface area (Å²) in [5.41, 5.74) is -2.02. The van der Waals surface area contributed by atoms with Crippen LogP contribution in [0.15, 0.2) is 14.4 Å². The van der Waals surface area contributed by atoms with E-state index in [0.29, 0.717) is 19.6 Å². The zero-order chi connectivity index (χ0) is 15.3. The van der Waals surface area contributed by atoms with Crippen molar-refractivity contribution in [1.29, 1.82) is 0 Å². The predicted octanol–water partition coefficient (Wildman–Crippen LogP) is -3.47. The van der Waals surface area contributed by atoms with E-state index >= 15 is 0 Å². The number of hydrogen-bond donors (Lipinski definition) is 2. The molecule has 1 aromatic heterocycles. The zero-order valence-corrected chi connectivity index (χ0v) is 11.7. The molecule has 0 fully saturated rings. The zero-order valence-electron chi connectivity index (χ0n) is 11.7. The van der Waals surface area contributed by atoms with Crippen LogP contribution in [0.4, 0.5) is 0 Å². The molecule has 1 heterocycles. The lowest BCUT2D eigenvalue weighted by Gasteiger charge is -2.20. The molecular formula is C11H20N4O5. The van der Waals surface area contributed by atoms with Crippen LogP contribution in [0.1, 0.15) is 0 Å². The fourth-order valence-corrected chi connectivity index (χ4v) is 1.88. The molecule has 0 bridgehead atoms. The van der Waals surface area contributed by atoms with Crippen LogP contribution in [0.2, 0.25) is 0 Å². The molecule has 1 rings (SSSR count). The Hall–Kier alpha value is -1.71. The summed E-state index contributed by atoms with van der Waals surface area (Å²) < 4.78 is 2.69. The Bertz CT molecular complexity index is 568. The molecule has 0 spiro atoms. The van der Waals surface area contributed by atoms with Gasteiger partial charge in [0.05, 0.1) is 13.2 Å². The first-order chi connectivity index (χ1) is 9.43. The second kappa shape index (κ2) is 7.17. The van der Waals surface area contributed by atoms with E-state index in [4.69, 9.17) is 10.2 Å². The minimum absolute atomic E-state index is 0.0830. The third-order valence-electron chi connectivity index (χ3n) is 3.08. The van der Waals surface area contributed by atoms with Crippen molar-refractivity contribution in [3.63, 3.8) is 0 Å². The Kier molecular flexibility index (Phi) is 5.86. The van der Waals surface area contributed by atoms with Crippen LogP contribution in [-0.4, -0.2) is 61.7 Å². The van der Waals surface area contributed by atoms with Crippen molar-refractivity contribution in [1.82, 2.24) is 18.6 Å². The van der Waals surface area contributed by atoms with E-state index in [-0.39, 0.29) is 19.8 Å². The highest BCUT2D eigenvalue weighted by Crippen LogP contribution is 1.87. The van der Waals surface area contributed by atoms with Gasteiger partial charge in [-0.1, -0.05) is 0 Å². The molecule has 20 heavy (non-hydrogen) atoms. The van der Waals surface area contributed by atoms with Gasteiger partial charge in [0.1, 0.15) is 0 Å². The highest BCUT2D eigenvalue weighted by atomic mass is 16.3. The molecule has 0 radical (unpaired) electrons. The molecule has 0 aliphatic carbocycles. The fourth-order valence-electron chi connectivity index (χ4n) is 1.88.